The number of nitrogens with zero attached hydrogens (tertiary/aromatic N) is 1. The van der Waals surface area contributed by atoms with Gasteiger partial charge in [0, 0.05) is 19.1 Å². The molecule has 2 aliphatic heterocycles. The normalized spacial score (nSPS) is 25.0. The van der Waals surface area contributed by atoms with Crippen molar-refractivity contribution in [1.29, 1.82) is 0 Å². The Morgan fingerprint density at radius 1 is 1.28 bits per heavy atom. The molecule has 3 rings (SSSR count). The second kappa shape index (κ2) is 9.19. The summed E-state index contributed by atoms with van der Waals surface area (Å²) in [5, 5.41) is 0. The fraction of sp³-hybridized carbons (Fsp3) is 0.632. The molecular formula is C19H28N2O2S2. The number of rotatable bonds is 5. The monoisotopic (exact) mass is 380 g/mol. The molecule has 1 aromatic carbocycles. The van der Waals surface area contributed by atoms with Gasteiger partial charge in [0.05, 0.1) is 4.58 Å². The van der Waals surface area contributed by atoms with Crippen molar-refractivity contribution in [3.05, 3.63) is 29.8 Å². The Labute approximate surface area is 159 Å². The fourth-order valence-electron chi connectivity index (χ4n) is 3.43. The molecule has 2 N–H and O–H groups in total. The largest absolute Gasteiger partial charge is 0.484 e. The standard InChI is InChI=1S/C19H28N2O2S2/c1-14-7-8-21(16(11-14)12-20)18(22)13-23-17-5-3-15(4-6-17)19-24-9-2-10-25-19/h3-6,14,16,19H,2,7-13,20H2,1H3. The summed E-state index contributed by atoms with van der Waals surface area (Å²) in [5.41, 5.74) is 7.18. The van der Waals surface area contributed by atoms with E-state index in [9.17, 15) is 4.79 Å². The van der Waals surface area contributed by atoms with E-state index in [1.54, 1.807) is 0 Å². The highest BCUT2D eigenvalue weighted by molar-refractivity contribution is 8.16. The molecule has 2 unspecified atom stereocenters. The van der Waals surface area contributed by atoms with Crippen LogP contribution in [-0.4, -0.2) is 48.1 Å². The number of ether oxygens (including phenoxy) is 1. The molecule has 0 saturated carbocycles. The van der Waals surface area contributed by atoms with E-state index in [2.05, 4.69) is 19.1 Å². The summed E-state index contributed by atoms with van der Waals surface area (Å²) in [4.78, 5) is 14.4. The Morgan fingerprint density at radius 3 is 2.68 bits per heavy atom. The number of hydrogen-bond acceptors (Lipinski definition) is 5. The predicted octanol–water partition coefficient (Wildman–Crippen LogP) is 3.52. The lowest BCUT2D eigenvalue weighted by atomic mass is 9.92. The zero-order chi connectivity index (χ0) is 17.6. The number of thioether (sulfide) groups is 2. The van der Waals surface area contributed by atoms with Crippen LogP contribution in [0.25, 0.3) is 0 Å². The maximum absolute atomic E-state index is 12.5. The third kappa shape index (κ3) is 5.08. The highest BCUT2D eigenvalue weighted by atomic mass is 32.2. The summed E-state index contributed by atoms with van der Waals surface area (Å²) < 4.78 is 6.27. The van der Waals surface area contributed by atoms with Gasteiger partial charge in [-0.05, 0) is 54.4 Å². The van der Waals surface area contributed by atoms with Gasteiger partial charge in [-0.2, -0.15) is 0 Å². The van der Waals surface area contributed by atoms with Gasteiger partial charge < -0.3 is 15.4 Å². The van der Waals surface area contributed by atoms with Gasteiger partial charge in [0.25, 0.3) is 5.91 Å². The first kappa shape index (κ1) is 18.9. The van der Waals surface area contributed by atoms with Crippen molar-refractivity contribution in [3.8, 4) is 5.75 Å². The van der Waals surface area contributed by atoms with Gasteiger partial charge in [-0.25, -0.2) is 0 Å². The van der Waals surface area contributed by atoms with Gasteiger partial charge in [0.15, 0.2) is 6.61 Å². The molecule has 2 atom stereocenters. The average Bonchev–Trinajstić information content (AvgIpc) is 2.67. The van der Waals surface area contributed by atoms with Crippen molar-refractivity contribution in [2.45, 2.75) is 36.8 Å². The molecule has 0 bridgehead atoms. The van der Waals surface area contributed by atoms with Crippen LogP contribution in [0.15, 0.2) is 24.3 Å². The Kier molecular flexibility index (Phi) is 6.96. The van der Waals surface area contributed by atoms with E-state index in [0.29, 0.717) is 17.0 Å². The lowest BCUT2D eigenvalue weighted by molar-refractivity contribution is -0.137. The summed E-state index contributed by atoms with van der Waals surface area (Å²) in [6, 6.07) is 8.37. The summed E-state index contributed by atoms with van der Waals surface area (Å²) in [7, 11) is 0. The van der Waals surface area contributed by atoms with Crippen molar-refractivity contribution in [2.24, 2.45) is 11.7 Å². The highest BCUT2D eigenvalue weighted by Crippen LogP contribution is 2.43. The Morgan fingerprint density at radius 2 is 2.00 bits per heavy atom. The van der Waals surface area contributed by atoms with E-state index >= 15 is 0 Å². The lowest BCUT2D eigenvalue weighted by Gasteiger charge is -2.37. The van der Waals surface area contributed by atoms with Crippen molar-refractivity contribution in [1.82, 2.24) is 4.90 Å². The van der Waals surface area contributed by atoms with E-state index in [-0.39, 0.29) is 18.6 Å². The molecule has 4 nitrogen and oxygen atoms in total. The van der Waals surface area contributed by atoms with Gasteiger partial charge in [0.1, 0.15) is 5.75 Å². The molecule has 0 spiro atoms. The summed E-state index contributed by atoms with van der Waals surface area (Å²) in [5.74, 6) is 3.92. The molecule has 6 heteroatoms. The van der Waals surface area contributed by atoms with Gasteiger partial charge in [-0.15, -0.1) is 23.5 Å². The Hall–Kier alpha value is -0.850. The smallest absolute Gasteiger partial charge is 0.260 e. The van der Waals surface area contributed by atoms with E-state index in [1.165, 1.54) is 23.5 Å². The van der Waals surface area contributed by atoms with Crippen molar-refractivity contribution in [3.63, 3.8) is 0 Å². The Balaban J connectivity index is 1.51. The predicted molar refractivity (Wildman–Crippen MR) is 107 cm³/mol. The van der Waals surface area contributed by atoms with E-state index in [0.717, 1.165) is 25.1 Å². The van der Waals surface area contributed by atoms with Crippen LogP contribution < -0.4 is 10.5 Å². The SMILES string of the molecule is CC1CCN(C(=O)COc2ccc(C3SCCCS3)cc2)C(CN)C1. The molecule has 2 heterocycles. The number of benzene rings is 1. The number of nitrogens with two attached hydrogens (primary N) is 1. The zero-order valence-electron chi connectivity index (χ0n) is 14.9. The molecular weight excluding hydrogens is 352 g/mol. The van der Waals surface area contributed by atoms with Crippen LogP contribution in [0.3, 0.4) is 0 Å². The van der Waals surface area contributed by atoms with Crippen LogP contribution >= 0.6 is 23.5 Å². The molecule has 25 heavy (non-hydrogen) atoms. The van der Waals surface area contributed by atoms with Gasteiger partial charge in [-0.3, -0.25) is 4.79 Å². The van der Waals surface area contributed by atoms with E-state index in [4.69, 9.17) is 10.5 Å². The van der Waals surface area contributed by atoms with Gasteiger partial charge in [0.2, 0.25) is 0 Å². The second-order valence-corrected chi connectivity index (χ2v) is 9.62. The number of amides is 1. The molecule has 0 aromatic heterocycles. The third-order valence-electron chi connectivity index (χ3n) is 4.91. The van der Waals surface area contributed by atoms with Crippen LogP contribution in [0.2, 0.25) is 0 Å². The summed E-state index contributed by atoms with van der Waals surface area (Å²) in [6.45, 7) is 3.64. The topological polar surface area (TPSA) is 55.6 Å². The molecule has 2 saturated heterocycles. The first-order valence-electron chi connectivity index (χ1n) is 9.13. The molecule has 1 aromatic rings. The average molecular weight is 381 g/mol. The second-order valence-electron chi connectivity index (χ2n) is 6.89. The van der Waals surface area contributed by atoms with Gasteiger partial charge >= 0.3 is 0 Å². The van der Waals surface area contributed by atoms with Gasteiger partial charge in [-0.1, -0.05) is 19.1 Å². The lowest BCUT2D eigenvalue weighted by Crippen LogP contribution is -2.50. The first-order chi connectivity index (χ1) is 12.2. The molecule has 0 radical (unpaired) electrons. The number of piperidine rings is 1. The third-order valence-corrected chi connectivity index (χ3v) is 7.93. The molecule has 138 valence electrons. The van der Waals surface area contributed by atoms with Crippen LogP contribution in [-0.2, 0) is 4.79 Å². The number of carbonyl (C=O) groups is 1. The maximum atomic E-state index is 12.5. The number of likely N-dealkylation sites (tertiary alicyclic amines) is 1. The van der Waals surface area contributed by atoms with Crippen LogP contribution in [0.1, 0.15) is 36.3 Å². The van der Waals surface area contributed by atoms with Crippen LogP contribution in [0.5, 0.6) is 5.75 Å². The quantitative estimate of drug-likeness (QED) is 0.847. The summed E-state index contributed by atoms with van der Waals surface area (Å²) >= 11 is 4.02. The zero-order valence-corrected chi connectivity index (χ0v) is 16.5. The van der Waals surface area contributed by atoms with Crippen LogP contribution in [0.4, 0.5) is 0 Å². The Bertz CT molecular complexity index is 561. The van der Waals surface area contributed by atoms with Crippen molar-refractivity contribution >= 4 is 29.4 Å². The molecule has 1 amide bonds. The first-order valence-corrected chi connectivity index (χ1v) is 11.2. The van der Waals surface area contributed by atoms with Crippen molar-refractivity contribution < 1.29 is 9.53 Å². The minimum atomic E-state index is 0.0461. The summed E-state index contributed by atoms with van der Waals surface area (Å²) in [6.07, 6.45) is 3.34. The number of hydrogen-bond donors (Lipinski definition) is 1. The minimum absolute atomic E-state index is 0.0461. The molecule has 2 aliphatic rings. The van der Waals surface area contributed by atoms with E-state index < -0.39 is 0 Å². The highest BCUT2D eigenvalue weighted by Gasteiger charge is 2.29. The number of carbonyl (C=O) groups excluding carboxylic acids is 1. The van der Waals surface area contributed by atoms with Crippen LogP contribution in [0, 0.1) is 5.92 Å². The van der Waals surface area contributed by atoms with E-state index in [1.807, 2.05) is 40.6 Å². The molecule has 2 fully saturated rings. The fourth-order valence-corrected chi connectivity index (χ4v) is 6.33. The molecule has 0 aliphatic carbocycles. The van der Waals surface area contributed by atoms with Crippen molar-refractivity contribution in [2.75, 3.05) is 31.2 Å². The minimum Gasteiger partial charge on any atom is -0.484 e. The maximum Gasteiger partial charge on any atom is 0.260 e.